The van der Waals surface area contributed by atoms with Crippen molar-refractivity contribution in [3.8, 4) is 0 Å². The summed E-state index contributed by atoms with van der Waals surface area (Å²) >= 11 is 1.86. The number of hydrogen-bond donors (Lipinski definition) is 1. The summed E-state index contributed by atoms with van der Waals surface area (Å²) in [6, 6.07) is 4.97. The van der Waals surface area contributed by atoms with Gasteiger partial charge in [-0.3, -0.25) is 0 Å². The zero-order chi connectivity index (χ0) is 10.6. The van der Waals surface area contributed by atoms with Gasteiger partial charge in [-0.1, -0.05) is 19.9 Å². The first-order valence-electron chi connectivity index (χ1n) is 5.23. The van der Waals surface area contributed by atoms with E-state index in [0.717, 1.165) is 0 Å². The molecule has 1 nitrogen and oxygen atoms in total. The third kappa shape index (κ3) is 3.81. The third-order valence-electron chi connectivity index (χ3n) is 2.58. The molecule has 0 radical (unpaired) electrons. The Kier molecular flexibility index (Phi) is 4.14. The maximum atomic E-state index is 3.30. The molecule has 0 saturated carbocycles. The molecule has 0 aliphatic carbocycles. The molecule has 0 aliphatic rings. The molecule has 80 valence electrons. The van der Waals surface area contributed by atoms with E-state index in [-0.39, 0.29) is 0 Å². The Morgan fingerprint density at radius 2 is 2.21 bits per heavy atom. The Morgan fingerprint density at radius 1 is 1.50 bits per heavy atom. The quantitative estimate of drug-likeness (QED) is 0.788. The molecule has 0 aliphatic heterocycles. The Balaban J connectivity index is 2.49. The van der Waals surface area contributed by atoms with E-state index >= 15 is 0 Å². The SMILES string of the molecule is CNC(C)CC(C)(C)Cc1cccs1. The average Bonchev–Trinajstić information content (AvgIpc) is 2.54. The highest BCUT2D eigenvalue weighted by Gasteiger charge is 2.21. The van der Waals surface area contributed by atoms with E-state index in [4.69, 9.17) is 0 Å². The molecule has 14 heavy (non-hydrogen) atoms. The minimum atomic E-state index is 0.396. The number of hydrogen-bond acceptors (Lipinski definition) is 2. The number of nitrogens with one attached hydrogen (secondary N) is 1. The van der Waals surface area contributed by atoms with E-state index in [2.05, 4.69) is 43.6 Å². The molecule has 1 aromatic heterocycles. The van der Waals surface area contributed by atoms with Crippen LogP contribution in [0.3, 0.4) is 0 Å². The summed E-state index contributed by atoms with van der Waals surface area (Å²) in [7, 11) is 2.03. The van der Waals surface area contributed by atoms with Gasteiger partial charge in [-0.05, 0) is 43.7 Å². The first-order valence-corrected chi connectivity index (χ1v) is 6.11. The van der Waals surface area contributed by atoms with Crippen molar-refractivity contribution in [2.45, 2.75) is 39.7 Å². The van der Waals surface area contributed by atoms with Gasteiger partial charge in [0.15, 0.2) is 0 Å². The Hall–Kier alpha value is -0.340. The maximum Gasteiger partial charge on any atom is 0.00505 e. The van der Waals surface area contributed by atoms with Gasteiger partial charge in [-0.15, -0.1) is 11.3 Å². The van der Waals surface area contributed by atoms with Crippen molar-refractivity contribution in [1.29, 1.82) is 0 Å². The molecule has 0 amide bonds. The monoisotopic (exact) mass is 211 g/mol. The minimum Gasteiger partial charge on any atom is -0.317 e. The van der Waals surface area contributed by atoms with E-state index in [0.29, 0.717) is 11.5 Å². The van der Waals surface area contributed by atoms with Gasteiger partial charge in [0.05, 0.1) is 0 Å². The van der Waals surface area contributed by atoms with Gasteiger partial charge in [0.2, 0.25) is 0 Å². The molecular formula is C12H21NS. The van der Waals surface area contributed by atoms with Crippen LogP contribution in [0, 0.1) is 5.41 Å². The van der Waals surface area contributed by atoms with Crippen molar-refractivity contribution in [1.82, 2.24) is 5.32 Å². The maximum absolute atomic E-state index is 3.30. The van der Waals surface area contributed by atoms with E-state index in [1.54, 1.807) is 0 Å². The first-order chi connectivity index (χ1) is 6.53. The van der Waals surface area contributed by atoms with Gasteiger partial charge in [0.25, 0.3) is 0 Å². The van der Waals surface area contributed by atoms with E-state index in [1.165, 1.54) is 17.7 Å². The number of rotatable bonds is 5. The normalized spacial score (nSPS) is 14.3. The highest BCUT2D eigenvalue weighted by Crippen LogP contribution is 2.29. The van der Waals surface area contributed by atoms with Crippen LogP contribution in [0.25, 0.3) is 0 Å². The van der Waals surface area contributed by atoms with E-state index < -0.39 is 0 Å². The lowest BCUT2D eigenvalue weighted by Crippen LogP contribution is -2.29. The van der Waals surface area contributed by atoms with Crippen molar-refractivity contribution in [3.63, 3.8) is 0 Å². The fraction of sp³-hybridized carbons (Fsp3) is 0.667. The van der Waals surface area contributed by atoms with E-state index in [9.17, 15) is 0 Å². The summed E-state index contributed by atoms with van der Waals surface area (Å²) in [6.45, 7) is 6.94. The van der Waals surface area contributed by atoms with Crippen LogP contribution < -0.4 is 5.32 Å². The van der Waals surface area contributed by atoms with Crippen molar-refractivity contribution in [2.24, 2.45) is 5.41 Å². The molecule has 1 aromatic rings. The molecule has 0 bridgehead atoms. The fourth-order valence-corrected chi connectivity index (χ4v) is 2.85. The van der Waals surface area contributed by atoms with Crippen LogP contribution in [0.4, 0.5) is 0 Å². The summed E-state index contributed by atoms with van der Waals surface area (Å²) in [6.07, 6.45) is 2.41. The van der Waals surface area contributed by atoms with Gasteiger partial charge in [-0.2, -0.15) is 0 Å². The molecular weight excluding hydrogens is 190 g/mol. The standard InChI is InChI=1S/C12H21NS/c1-10(13-4)8-12(2,3)9-11-6-5-7-14-11/h5-7,10,13H,8-9H2,1-4H3. The summed E-state index contributed by atoms with van der Waals surface area (Å²) in [5.41, 5.74) is 0.396. The summed E-state index contributed by atoms with van der Waals surface area (Å²) in [4.78, 5) is 1.50. The second-order valence-corrected chi connectivity index (χ2v) is 5.85. The lowest BCUT2D eigenvalue weighted by atomic mass is 9.82. The Labute approximate surface area is 91.5 Å². The van der Waals surface area contributed by atoms with Crippen LogP contribution in [-0.2, 0) is 6.42 Å². The van der Waals surface area contributed by atoms with Crippen LogP contribution in [-0.4, -0.2) is 13.1 Å². The van der Waals surface area contributed by atoms with Crippen molar-refractivity contribution in [2.75, 3.05) is 7.05 Å². The summed E-state index contributed by atoms with van der Waals surface area (Å²) in [5, 5.41) is 5.46. The lowest BCUT2D eigenvalue weighted by molar-refractivity contribution is 0.295. The number of thiophene rings is 1. The van der Waals surface area contributed by atoms with Gasteiger partial charge in [-0.25, -0.2) is 0 Å². The predicted octanol–water partition coefficient (Wildman–Crippen LogP) is 3.31. The van der Waals surface area contributed by atoms with Crippen molar-refractivity contribution in [3.05, 3.63) is 22.4 Å². The molecule has 0 fully saturated rings. The van der Waals surface area contributed by atoms with Crippen LogP contribution in [0.1, 0.15) is 32.1 Å². The molecule has 0 aromatic carbocycles. The Morgan fingerprint density at radius 3 is 2.71 bits per heavy atom. The fourth-order valence-electron chi connectivity index (χ4n) is 1.89. The van der Waals surface area contributed by atoms with Crippen molar-refractivity contribution >= 4 is 11.3 Å². The molecule has 0 spiro atoms. The summed E-state index contributed by atoms with van der Waals surface area (Å²) < 4.78 is 0. The lowest BCUT2D eigenvalue weighted by Gasteiger charge is -2.27. The van der Waals surface area contributed by atoms with Crippen LogP contribution in [0.2, 0.25) is 0 Å². The van der Waals surface area contributed by atoms with Gasteiger partial charge >= 0.3 is 0 Å². The third-order valence-corrected chi connectivity index (χ3v) is 3.46. The van der Waals surface area contributed by atoms with Gasteiger partial charge in [0, 0.05) is 10.9 Å². The van der Waals surface area contributed by atoms with Crippen LogP contribution in [0.15, 0.2) is 17.5 Å². The zero-order valence-electron chi connectivity index (χ0n) is 9.63. The highest BCUT2D eigenvalue weighted by atomic mass is 32.1. The predicted molar refractivity (Wildman–Crippen MR) is 64.9 cm³/mol. The van der Waals surface area contributed by atoms with Crippen LogP contribution >= 0.6 is 11.3 Å². The second-order valence-electron chi connectivity index (χ2n) is 4.81. The average molecular weight is 211 g/mol. The molecule has 1 unspecified atom stereocenters. The van der Waals surface area contributed by atoms with Crippen LogP contribution in [0.5, 0.6) is 0 Å². The zero-order valence-corrected chi connectivity index (χ0v) is 10.4. The minimum absolute atomic E-state index is 0.396. The molecule has 1 atom stereocenters. The van der Waals surface area contributed by atoms with Crippen molar-refractivity contribution < 1.29 is 0 Å². The topological polar surface area (TPSA) is 12.0 Å². The van der Waals surface area contributed by atoms with Gasteiger partial charge < -0.3 is 5.32 Å². The molecule has 1 heterocycles. The molecule has 2 heteroatoms. The largest absolute Gasteiger partial charge is 0.317 e. The molecule has 1 rings (SSSR count). The van der Waals surface area contributed by atoms with Gasteiger partial charge in [0.1, 0.15) is 0 Å². The second kappa shape index (κ2) is 4.94. The first kappa shape index (κ1) is 11.7. The smallest absolute Gasteiger partial charge is 0.00505 e. The molecule has 1 N–H and O–H groups in total. The highest BCUT2D eigenvalue weighted by molar-refractivity contribution is 7.09. The Bertz CT molecular complexity index is 251. The molecule has 0 saturated heterocycles. The van der Waals surface area contributed by atoms with E-state index in [1.807, 2.05) is 18.4 Å². The summed E-state index contributed by atoms with van der Waals surface area (Å²) in [5.74, 6) is 0.